The molecule has 1 aromatic heterocycles. The van der Waals surface area contributed by atoms with Crippen molar-refractivity contribution in [1.29, 1.82) is 0 Å². The van der Waals surface area contributed by atoms with Gasteiger partial charge in [-0.05, 0) is 35.9 Å². The summed E-state index contributed by atoms with van der Waals surface area (Å²) in [6, 6.07) is 4.31. The first-order chi connectivity index (χ1) is 9.59. The number of halogens is 6. The van der Waals surface area contributed by atoms with Crippen molar-refractivity contribution in [3.05, 3.63) is 47.8 Å². The Morgan fingerprint density at radius 2 is 1.52 bits per heavy atom. The van der Waals surface area contributed by atoms with E-state index in [1.165, 1.54) is 6.07 Å². The summed E-state index contributed by atoms with van der Waals surface area (Å²) in [6.07, 6.45) is -8.42. The summed E-state index contributed by atoms with van der Waals surface area (Å²) < 4.78 is 75.7. The molecule has 0 bridgehead atoms. The molecule has 2 nitrogen and oxygen atoms in total. The zero-order chi connectivity index (χ0) is 15.8. The van der Waals surface area contributed by atoms with E-state index in [2.05, 4.69) is 4.98 Å². The largest absolute Gasteiger partial charge is 0.433 e. The zero-order valence-electron chi connectivity index (χ0n) is 10.3. The van der Waals surface area contributed by atoms with Gasteiger partial charge in [0.25, 0.3) is 0 Å². The minimum atomic E-state index is -4.69. The molecule has 0 aliphatic heterocycles. The van der Waals surface area contributed by atoms with Gasteiger partial charge in [-0.2, -0.15) is 26.3 Å². The highest BCUT2D eigenvalue weighted by molar-refractivity contribution is 5.77. The molecule has 1 aromatic carbocycles. The summed E-state index contributed by atoms with van der Waals surface area (Å²) in [4.78, 5) is 3.15. The number of alkyl halides is 6. The number of hydrogen-bond acceptors (Lipinski definition) is 2. The molecule has 0 saturated carbocycles. The number of nitrogen functional groups attached to an aromatic ring is 1. The molecule has 0 saturated heterocycles. The quantitative estimate of drug-likeness (QED) is 0.627. The highest BCUT2D eigenvalue weighted by atomic mass is 19.4. The Bertz CT molecular complexity index is 660. The summed E-state index contributed by atoms with van der Waals surface area (Å²) in [5.74, 6) is 0. The van der Waals surface area contributed by atoms with Crippen LogP contribution < -0.4 is 5.73 Å². The molecule has 0 unspecified atom stereocenters. The van der Waals surface area contributed by atoms with Crippen LogP contribution in [-0.4, -0.2) is 4.98 Å². The van der Waals surface area contributed by atoms with Crippen molar-refractivity contribution in [3.8, 4) is 11.1 Å². The third-order valence-corrected chi connectivity index (χ3v) is 2.74. The van der Waals surface area contributed by atoms with E-state index in [9.17, 15) is 26.3 Å². The van der Waals surface area contributed by atoms with Crippen LogP contribution in [0.3, 0.4) is 0 Å². The normalized spacial score (nSPS) is 12.5. The number of pyridine rings is 1. The topological polar surface area (TPSA) is 38.9 Å². The number of anilines is 1. The Balaban J connectivity index is 2.57. The Morgan fingerprint density at radius 3 is 2.10 bits per heavy atom. The van der Waals surface area contributed by atoms with Gasteiger partial charge in [-0.1, -0.05) is 0 Å². The molecule has 8 heteroatoms. The Kier molecular flexibility index (Phi) is 3.56. The van der Waals surface area contributed by atoms with Gasteiger partial charge in [0.2, 0.25) is 0 Å². The second-order valence-electron chi connectivity index (χ2n) is 4.23. The average Bonchev–Trinajstić information content (AvgIpc) is 2.37. The molecule has 21 heavy (non-hydrogen) atoms. The van der Waals surface area contributed by atoms with E-state index in [-0.39, 0.29) is 16.8 Å². The fraction of sp³-hybridized carbons (Fsp3) is 0.154. The van der Waals surface area contributed by atoms with Gasteiger partial charge in [0.05, 0.1) is 5.56 Å². The van der Waals surface area contributed by atoms with Gasteiger partial charge in [0.15, 0.2) is 0 Å². The lowest BCUT2D eigenvalue weighted by Crippen LogP contribution is -2.08. The summed E-state index contributed by atoms with van der Waals surface area (Å²) in [6.45, 7) is 0. The monoisotopic (exact) mass is 306 g/mol. The molecule has 0 aliphatic rings. The predicted molar refractivity (Wildman–Crippen MR) is 64.1 cm³/mol. The van der Waals surface area contributed by atoms with Gasteiger partial charge in [0, 0.05) is 17.4 Å². The molecule has 2 N–H and O–H groups in total. The number of rotatable bonds is 1. The van der Waals surface area contributed by atoms with Gasteiger partial charge in [-0.3, -0.25) is 4.98 Å². The molecule has 0 amide bonds. The van der Waals surface area contributed by atoms with E-state index in [4.69, 9.17) is 5.73 Å². The molecule has 1 heterocycles. The van der Waals surface area contributed by atoms with Gasteiger partial charge < -0.3 is 5.73 Å². The molecule has 2 aromatic rings. The molecule has 112 valence electrons. The summed E-state index contributed by atoms with van der Waals surface area (Å²) in [5.41, 5.74) is 3.11. The Labute approximate surface area is 115 Å². The van der Waals surface area contributed by atoms with Gasteiger partial charge in [-0.25, -0.2) is 0 Å². The molecule has 0 atom stereocenters. The predicted octanol–water partition coefficient (Wildman–Crippen LogP) is 4.37. The van der Waals surface area contributed by atoms with E-state index < -0.39 is 23.6 Å². The Morgan fingerprint density at radius 1 is 0.857 bits per heavy atom. The van der Waals surface area contributed by atoms with E-state index >= 15 is 0 Å². The lowest BCUT2D eigenvalue weighted by molar-refractivity contribution is -0.141. The molecule has 2 rings (SSSR count). The second-order valence-corrected chi connectivity index (χ2v) is 4.23. The fourth-order valence-electron chi connectivity index (χ4n) is 1.74. The summed E-state index contributed by atoms with van der Waals surface area (Å²) in [5, 5.41) is 0. The molecule has 0 radical (unpaired) electrons. The van der Waals surface area contributed by atoms with Crippen molar-refractivity contribution in [2.75, 3.05) is 5.73 Å². The average molecular weight is 306 g/mol. The van der Waals surface area contributed by atoms with E-state index in [1.807, 2.05) is 0 Å². The SMILES string of the molecule is Nc1ccc(C(F)(F)F)cc1-c1ccnc(C(F)(F)F)c1. The highest BCUT2D eigenvalue weighted by Gasteiger charge is 2.33. The number of aromatic nitrogens is 1. The van der Waals surface area contributed by atoms with Crippen LogP contribution in [0.4, 0.5) is 32.0 Å². The van der Waals surface area contributed by atoms with Gasteiger partial charge in [0.1, 0.15) is 5.69 Å². The van der Waals surface area contributed by atoms with Crippen LogP contribution in [0.5, 0.6) is 0 Å². The second kappa shape index (κ2) is 4.94. The van der Waals surface area contributed by atoms with E-state index in [0.717, 1.165) is 18.3 Å². The number of benzene rings is 1. The number of nitrogens with zero attached hydrogens (tertiary/aromatic N) is 1. The smallest absolute Gasteiger partial charge is 0.398 e. The number of nitrogens with two attached hydrogens (primary N) is 1. The molecular weight excluding hydrogens is 298 g/mol. The standard InChI is InChI=1S/C13H8F6N2/c14-12(15,16)8-1-2-10(20)9(6-8)7-3-4-21-11(5-7)13(17,18)19/h1-6H,20H2. The third-order valence-electron chi connectivity index (χ3n) is 2.74. The summed E-state index contributed by atoms with van der Waals surface area (Å²) >= 11 is 0. The van der Waals surface area contributed by atoms with Crippen molar-refractivity contribution in [2.45, 2.75) is 12.4 Å². The van der Waals surface area contributed by atoms with Crippen LogP contribution in [0.25, 0.3) is 11.1 Å². The van der Waals surface area contributed by atoms with Crippen LogP contribution in [0.15, 0.2) is 36.5 Å². The maximum atomic E-state index is 12.7. The van der Waals surface area contributed by atoms with Crippen LogP contribution in [0, 0.1) is 0 Å². The maximum absolute atomic E-state index is 12.7. The minimum Gasteiger partial charge on any atom is -0.398 e. The molecular formula is C13H8F6N2. The first kappa shape index (κ1) is 15.1. The molecule has 0 fully saturated rings. The van der Waals surface area contributed by atoms with Crippen molar-refractivity contribution in [1.82, 2.24) is 4.98 Å². The van der Waals surface area contributed by atoms with E-state index in [1.54, 1.807) is 0 Å². The van der Waals surface area contributed by atoms with Crippen LogP contribution >= 0.6 is 0 Å². The van der Waals surface area contributed by atoms with Crippen LogP contribution in [0.1, 0.15) is 11.3 Å². The van der Waals surface area contributed by atoms with E-state index in [0.29, 0.717) is 12.1 Å². The van der Waals surface area contributed by atoms with Gasteiger partial charge >= 0.3 is 12.4 Å². The van der Waals surface area contributed by atoms with Crippen LogP contribution in [0.2, 0.25) is 0 Å². The minimum absolute atomic E-state index is 0.0534. The number of hydrogen-bond donors (Lipinski definition) is 1. The van der Waals surface area contributed by atoms with Crippen molar-refractivity contribution < 1.29 is 26.3 Å². The zero-order valence-corrected chi connectivity index (χ0v) is 10.3. The molecule has 0 aliphatic carbocycles. The third kappa shape index (κ3) is 3.26. The van der Waals surface area contributed by atoms with Crippen molar-refractivity contribution >= 4 is 5.69 Å². The lowest BCUT2D eigenvalue weighted by atomic mass is 10.0. The molecule has 0 spiro atoms. The van der Waals surface area contributed by atoms with Crippen LogP contribution in [-0.2, 0) is 12.4 Å². The van der Waals surface area contributed by atoms with Crippen molar-refractivity contribution in [2.24, 2.45) is 0 Å². The summed E-state index contributed by atoms with van der Waals surface area (Å²) in [7, 11) is 0. The Hall–Kier alpha value is -2.25. The first-order valence-corrected chi connectivity index (χ1v) is 5.59. The van der Waals surface area contributed by atoms with Crippen molar-refractivity contribution in [3.63, 3.8) is 0 Å². The van der Waals surface area contributed by atoms with Gasteiger partial charge in [-0.15, -0.1) is 0 Å². The maximum Gasteiger partial charge on any atom is 0.433 e. The first-order valence-electron chi connectivity index (χ1n) is 5.59. The lowest BCUT2D eigenvalue weighted by Gasteiger charge is -2.12. The fourth-order valence-corrected chi connectivity index (χ4v) is 1.74. The highest BCUT2D eigenvalue weighted by Crippen LogP contribution is 2.36.